The van der Waals surface area contributed by atoms with Crippen LogP contribution in [0.4, 0.5) is 10.1 Å². The van der Waals surface area contributed by atoms with Gasteiger partial charge in [-0.05, 0) is 18.2 Å². The van der Waals surface area contributed by atoms with Crippen molar-refractivity contribution in [2.75, 3.05) is 31.1 Å². The Morgan fingerprint density at radius 3 is 2.64 bits per heavy atom. The lowest BCUT2D eigenvalue weighted by atomic mass is 10.2. The standard InChI is InChI=1S/C16H17FN2O3/c17-12-2-1-3-13(8-12)19-6-4-18(5-7-19)10-14-9-15(20)16(21)11-22-14/h1-3,8-9,11,21H,4-7,10H2. The largest absolute Gasteiger partial charge is 0.502 e. The second kappa shape index (κ2) is 6.19. The smallest absolute Gasteiger partial charge is 0.226 e. The molecule has 1 aromatic carbocycles. The van der Waals surface area contributed by atoms with Crippen LogP contribution >= 0.6 is 0 Å². The molecule has 1 aliphatic heterocycles. The molecule has 0 unspecified atom stereocenters. The molecule has 1 aliphatic rings. The number of anilines is 1. The number of rotatable bonds is 3. The van der Waals surface area contributed by atoms with Gasteiger partial charge in [-0.15, -0.1) is 0 Å². The number of halogens is 1. The molecule has 0 saturated carbocycles. The van der Waals surface area contributed by atoms with Crippen molar-refractivity contribution in [3.05, 3.63) is 58.4 Å². The molecule has 22 heavy (non-hydrogen) atoms. The molecular formula is C16H17FN2O3. The Labute approximate surface area is 127 Å². The fraction of sp³-hybridized carbons (Fsp3) is 0.312. The topological polar surface area (TPSA) is 56.9 Å². The SMILES string of the molecule is O=c1cc(CN2CCN(c3cccc(F)c3)CC2)occ1O. The minimum atomic E-state index is -0.431. The van der Waals surface area contributed by atoms with Crippen LogP contribution in [-0.2, 0) is 6.54 Å². The van der Waals surface area contributed by atoms with E-state index in [2.05, 4.69) is 9.80 Å². The maximum Gasteiger partial charge on any atom is 0.226 e. The number of piperazine rings is 1. The van der Waals surface area contributed by atoms with Gasteiger partial charge < -0.3 is 14.4 Å². The Morgan fingerprint density at radius 2 is 1.95 bits per heavy atom. The zero-order valence-electron chi connectivity index (χ0n) is 12.0. The van der Waals surface area contributed by atoms with Crippen molar-refractivity contribution in [2.45, 2.75) is 6.54 Å². The third-order valence-electron chi connectivity index (χ3n) is 3.79. The first kappa shape index (κ1) is 14.6. The average Bonchev–Trinajstić information content (AvgIpc) is 2.52. The van der Waals surface area contributed by atoms with Crippen LogP contribution in [0.15, 0.2) is 45.8 Å². The molecule has 0 amide bonds. The maximum absolute atomic E-state index is 13.3. The summed E-state index contributed by atoms with van der Waals surface area (Å²) in [5.41, 5.74) is 0.454. The summed E-state index contributed by atoms with van der Waals surface area (Å²) < 4.78 is 18.5. The van der Waals surface area contributed by atoms with Crippen molar-refractivity contribution >= 4 is 5.69 Å². The first-order valence-electron chi connectivity index (χ1n) is 7.15. The molecule has 2 aromatic rings. The molecule has 3 rings (SSSR count). The van der Waals surface area contributed by atoms with Gasteiger partial charge in [-0.3, -0.25) is 9.69 Å². The Hall–Kier alpha value is -2.34. The first-order chi connectivity index (χ1) is 10.6. The van der Waals surface area contributed by atoms with Crippen LogP contribution in [-0.4, -0.2) is 36.2 Å². The van der Waals surface area contributed by atoms with E-state index in [1.165, 1.54) is 18.2 Å². The minimum absolute atomic E-state index is 0.231. The van der Waals surface area contributed by atoms with Gasteiger partial charge in [0.25, 0.3) is 0 Å². The summed E-state index contributed by atoms with van der Waals surface area (Å²) in [6.45, 7) is 3.67. The van der Waals surface area contributed by atoms with Crippen LogP contribution < -0.4 is 10.3 Å². The van der Waals surface area contributed by atoms with E-state index in [9.17, 15) is 14.3 Å². The quantitative estimate of drug-likeness (QED) is 0.937. The number of aromatic hydroxyl groups is 1. The van der Waals surface area contributed by atoms with Crippen LogP contribution in [0.3, 0.4) is 0 Å². The van der Waals surface area contributed by atoms with Crippen LogP contribution in [0.2, 0.25) is 0 Å². The summed E-state index contributed by atoms with van der Waals surface area (Å²) in [5.74, 6) is -0.0764. The van der Waals surface area contributed by atoms with E-state index < -0.39 is 5.43 Å². The molecule has 2 heterocycles. The molecule has 0 radical (unpaired) electrons. The Bertz CT molecular complexity index is 709. The van der Waals surface area contributed by atoms with E-state index in [1.54, 1.807) is 6.07 Å². The lowest BCUT2D eigenvalue weighted by Gasteiger charge is -2.35. The van der Waals surface area contributed by atoms with Gasteiger partial charge in [-0.2, -0.15) is 0 Å². The minimum Gasteiger partial charge on any atom is -0.502 e. The predicted octanol–water partition coefficient (Wildman–Crippen LogP) is 1.81. The van der Waals surface area contributed by atoms with E-state index in [4.69, 9.17) is 4.42 Å². The van der Waals surface area contributed by atoms with E-state index >= 15 is 0 Å². The first-order valence-corrected chi connectivity index (χ1v) is 7.15. The van der Waals surface area contributed by atoms with Gasteiger partial charge in [0.2, 0.25) is 5.43 Å². The second-order valence-electron chi connectivity index (χ2n) is 5.34. The molecule has 0 spiro atoms. The van der Waals surface area contributed by atoms with Gasteiger partial charge in [0.1, 0.15) is 17.8 Å². The Balaban J connectivity index is 1.59. The molecule has 1 N–H and O–H groups in total. The third-order valence-corrected chi connectivity index (χ3v) is 3.79. The zero-order chi connectivity index (χ0) is 15.5. The summed E-state index contributed by atoms with van der Waals surface area (Å²) in [5, 5.41) is 9.18. The van der Waals surface area contributed by atoms with Crippen molar-refractivity contribution in [3.63, 3.8) is 0 Å². The van der Waals surface area contributed by atoms with Crippen LogP contribution in [0.5, 0.6) is 5.75 Å². The summed E-state index contributed by atoms with van der Waals surface area (Å²) in [6, 6.07) is 7.90. The molecule has 6 heteroatoms. The molecule has 0 bridgehead atoms. The molecule has 0 atom stereocenters. The van der Waals surface area contributed by atoms with E-state index in [0.717, 1.165) is 38.1 Å². The number of hydrogen-bond donors (Lipinski definition) is 1. The number of benzene rings is 1. The summed E-state index contributed by atoms with van der Waals surface area (Å²) >= 11 is 0. The Kier molecular flexibility index (Phi) is 4.11. The van der Waals surface area contributed by atoms with Crippen molar-refractivity contribution in [1.29, 1.82) is 0 Å². The third kappa shape index (κ3) is 3.28. The van der Waals surface area contributed by atoms with E-state index in [0.29, 0.717) is 12.3 Å². The fourth-order valence-corrected chi connectivity index (χ4v) is 2.58. The average molecular weight is 304 g/mol. The predicted molar refractivity (Wildman–Crippen MR) is 80.5 cm³/mol. The normalized spacial score (nSPS) is 16.0. The molecule has 1 saturated heterocycles. The molecular weight excluding hydrogens is 287 g/mol. The van der Waals surface area contributed by atoms with Crippen LogP contribution in [0.25, 0.3) is 0 Å². The Morgan fingerprint density at radius 1 is 1.18 bits per heavy atom. The number of hydrogen-bond acceptors (Lipinski definition) is 5. The fourth-order valence-electron chi connectivity index (χ4n) is 2.58. The van der Waals surface area contributed by atoms with E-state index in [1.807, 2.05) is 6.07 Å². The monoisotopic (exact) mass is 304 g/mol. The highest BCUT2D eigenvalue weighted by Gasteiger charge is 2.18. The van der Waals surface area contributed by atoms with Gasteiger partial charge in [0, 0.05) is 37.9 Å². The summed E-state index contributed by atoms with van der Waals surface area (Å²) in [4.78, 5) is 15.7. The highest BCUT2D eigenvalue weighted by atomic mass is 19.1. The molecule has 1 aromatic heterocycles. The highest BCUT2D eigenvalue weighted by Crippen LogP contribution is 2.18. The van der Waals surface area contributed by atoms with Crippen LogP contribution in [0.1, 0.15) is 5.76 Å². The highest BCUT2D eigenvalue weighted by molar-refractivity contribution is 5.46. The van der Waals surface area contributed by atoms with Crippen molar-refractivity contribution in [1.82, 2.24) is 4.90 Å². The van der Waals surface area contributed by atoms with Gasteiger partial charge >= 0.3 is 0 Å². The van der Waals surface area contributed by atoms with Crippen LogP contribution in [0, 0.1) is 5.82 Å². The van der Waals surface area contributed by atoms with Gasteiger partial charge in [-0.25, -0.2) is 4.39 Å². The zero-order valence-corrected chi connectivity index (χ0v) is 12.0. The van der Waals surface area contributed by atoms with E-state index in [-0.39, 0.29) is 11.6 Å². The van der Waals surface area contributed by atoms with Gasteiger partial charge in [0.05, 0.1) is 6.54 Å². The second-order valence-corrected chi connectivity index (χ2v) is 5.34. The molecule has 1 fully saturated rings. The summed E-state index contributed by atoms with van der Waals surface area (Å²) in [7, 11) is 0. The molecule has 0 aliphatic carbocycles. The summed E-state index contributed by atoms with van der Waals surface area (Å²) in [6.07, 6.45) is 1.07. The van der Waals surface area contributed by atoms with Gasteiger partial charge in [0.15, 0.2) is 5.75 Å². The number of nitrogens with zero attached hydrogens (tertiary/aromatic N) is 2. The lowest BCUT2D eigenvalue weighted by molar-refractivity contribution is 0.227. The van der Waals surface area contributed by atoms with Gasteiger partial charge in [-0.1, -0.05) is 6.07 Å². The van der Waals surface area contributed by atoms with Crippen molar-refractivity contribution in [2.24, 2.45) is 0 Å². The molecule has 5 nitrogen and oxygen atoms in total. The van der Waals surface area contributed by atoms with Crippen molar-refractivity contribution < 1.29 is 13.9 Å². The maximum atomic E-state index is 13.3. The van der Waals surface area contributed by atoms with Crippen molar-refractivity contribution in [3.8, 4) is 5.75 Å². The molecule has 116 valence electrons. The lowest BCUT2D eigenvalue weighted by Crippen LogP contribution is -2.46.